The molecule has 3 rings (SSSR count). The van der Waals surface area contributed by atoms with Crippen LogP contribution in [0.1, 0.15) is 26.7 Å². The number of ether oxygens (including phenoxy) is 2. The van der Waals surface area contributed by atoms with Gasteiger partial charge in [-0.15, -0.1) is 0 Å². The molecule has 2 aliphatic rings. The summed E-state index contributed by atoms with van der Waals surface area (Å²) in [5, 5.41) is 10.5. The van der Waals surface area contributed by atoms with Crippen molar-refractivity contribution in [1.82, 2.24) is 14.9 Å². The molecule has 1 spiro atoms. The molecule has 2 fully saturated rings. The second-order valence-electron chi connectivity index (χ2n) is 8.42. The fourth-order valence-electron chi connectivity index (χ4n) is 3.54. The number of nitrogens with zero attached hydrogens (tertiary/aromatic N) is 4. The van der Waals surface area contributed by atoms with Gasteiger partial charge in [-0.05, 0) is 26.7 Å². The summed E-state index contributed by atoms with van der Waals surface area (Å²) in [5.74, 6) is -1.03. The van der Waals surface area contributed by atoms with Gasteiger partial charge < -0.3 is 24.8 Å². The quantitative estimate of drug-likeness (QED) is 0.681. The lowest BCUT2D eigenvalue weighted by Crippen LogP contribution is -2.47. The molecule has 0 bridgehead atoms. The summed E-state index contributed by atoms with van der Waals surface area (Å²) in [6.07, 6.45) is -1.20. The average molecular weight is 464 g/mol. The number of nitrogens with one attached hydrogen (secondary N) is 1. The van der Waals surface area contributed by atoms with Crippen LogP contribution in [0, 0.1) is 0 Å². The molecular formula is C20H32F3N5O4. The van der Waals surface area contributed by atoms with Gasteiger partial charge in [-0.25, -0.2) is 14.8 Å². The lowest BCUT2D eigenvalue weighted by molar-refractivity contribution is -0.192. The second-order valence-corrected chi connectivity index (χ2v) is 8.42. The normalized spacial score (nSPS) is 24.1. The van der Waals surface area contributed by atoms with Crippen molar-refractivity contribution in [2.24, 2.45) is 0 Å². The summed E-state index contributed by atoms with van der Waals surface area (Å²) >= 11 is 0. The minimum Gasteiger partial charge on any atom is -0.475 e. The maximum atomic E-state index is 10.6. The van der Waals surface area contributed by atoms with Gasteiger partial charge in [0.15, 0.2) is 0 Å². The van der Waals surface area contributed by atoms with Crippen molar-refractivity contribution in [3.8, 4) is 0 Å². The van der Waals surface area contributed by atoms with Crippen molar-refractivity contribution in [3.05, 3.63) is 12.4 Å². The van der Waals surface area contributed by atoms with E-state index in [0.29, 0.717) is 12.6 Å². The van der Waals surface area contributed by atoms with E-state index >= 15 is 0 Å². The van der Waals surface area contributed by atoms with E-state index in [2.05, 4.69) is 34.0 Å². The predicted molar refractivity (Wildman–Crippen MR) is 113 cm³/mol. The lowest BCUT2D eigenvalue weighted by Gasteiger charge is -2.34. The molecule has 0 aromatic carbocycles. The third kappa shape index (κ3) is 7.75. The lowest BCUT2D eigenvalue weighted by atomic mass is 9.99. The minimum absolute atomic E-state index is 0.159. The largest absolute Gasteiger partial charge is 0.490 e. The van der Waals surface area contributed by atoms with Gasteiger partial charge in [0.1, 0.15) is 23.6 Å². The summed E-state index contributed by atoms with van der Waals surface area (Å²) in [4.78, 5) is 21.9. The molecule has 1 aromatic heterocycles. The van der Waals surface area contributed by atoms with E-state index in [4.69, 9.17) is 19.4 Å². The summed E-state index contributed by atoms with van der Waals surface area (Å²) in [6, 6.07) is 2.48. The van der Waals surface area contributed by atoms with Crippen molar-refractivity contribution in [3.63, 3.8) is 0 Å². The van der Waals surface area contributed by atoms with Crippen molar-refractivity contribution in [2.45, 2.75) is 50.6 Å². The van der Waals surface area contributed by atoms with Gasteiger partial charge in [0, 0.05) is 45.8 Å². The zero-order valence-electron chi connectivity index (χ0n) is 18.9. The number of anilines is 2. The van der Waals surface area contributed by atoms with Crippen LogP contribution in [-0.4, -0.2) is 96.8 Å². The maximum Gasteiger partial charge on any atom is 0.490 e. The fraction of sp³-hybridized carbons (Fsp3) is 0.750. The first-order valence-corrected chi connectivity index (χ1v) is 10.4. The van der Waals surface area contributed by atoms with Gasteiger partial charge in [-0.1, -0.05) is 0 Å². The highest BCUT2D eigenvalue weighted by Gasteiger charge is 2.43. The molecule has 9 nitrogen and oxygen atoms in total. The van der Waals surface area contributed by atoms with Crippen LogP contribution in [0.3, 0.4) is 0 Å². The number of aliphatic carboxylic acids is 1. The SMILES string of the molecule is CC(C)N1CCOCC2(CCC(CNc3cc(N(C)C)ncn3)O2)C1.O=C(O)C(F)(F)F. The van der Waals surface area contributed by atoms with E-state index in [1.54, 1.807) is 6.33 Å². The van der Waals surface area contributed by atoms with Gasteiger partial charge in [0.05, 0.1) is 19.3 Å². The first-order chi connectivity index (χ1) is 14.9. The average Bonchev–Trinajstić information content (AvgIpc) is 2.98. The molecule has 0 aliphatic carbocycles. The van der Waals surface area contributed by atoms with Crippen LogP contribution in [0.2, 0.25) is 0 Å². The van der Waals surface area contributed by atoms with Crippen LogP contribution < -0.4 is 10.2 Å². The molecule has 2 atom stereocenters. The zero-order chi connectivity index (χ0) is 23.9. The summed E-state index contributed by atoms with van der Waals surface area (Å²) in [6.45, 7) is 8.67. The van der Waals surface area contributed by atoms with Crippen molar-refractivity contribution in [1.29, 1.82) is 0 Å². The van der Waals surface area contributed by atoms with Crippen molar-refractivity contribution in [2.75, 3.05) is 57.2 Å². The van der Waals surface area contributed by atoms with Gasteiger partial charge in [0.2, 0.25) is 0 Å². The molecular weight excluding hydrogens is 431 g/mol. The van der Waals surface area contributed by atoms with Crippen molar-refractivity contribution >= 4 is 17.6 Å². The smallest absolute Gasteiger partial charge is 0.475 e. The topological polar surface area (TPSA) is 100 Å². The molecule has 1 aromatic rings. The van der Waals surface area contributed by atoms with Crippen LogP contribution in [0.4, 0.5) is 24.8 Å². The predicted octanol–water partition coefficient (Wildman–Crippen LogP) is 2.25. The molecule has 2 N–H and O–H groups in total. The number of alkyl halides is 3. The first-order valence-electron chi connectivity index (χ1n) is 10.4. The molecule has 2 unspecified atom stereocenters. The minimum atomic E-state index is -5.08. The monoisotopic (exact) mass is 463 g/mol. The Kier molecular flexibility index (Phi) is 9.05. The van der Waals surface area contributed by atoms with E-state index in [0.717, 1.165) is 50.7 Å². The van der Waals surface area contributed by atoms with E-state index in [1.807, 2.05) is 25.1 Å². The Morgan fingerprint density at radius 3 is 2.69 bits per heavy atom. The van der Waals surface area contributed by atoms with Crippen LogP contribution in [0.5, 0.6) is 0 Å². The number of carboxylic acids is 1. The first kappa shape index (κ1) is 26.1. The highest BCUT2D eigenvalue weighted by atomic mass is 19.4. The summed E-state index contributed by atoms with van der Waals surface area (Å²) < 4.78 is 44.1. The van der Waals surface area contributed by atoms with Crippen LogP contribution >= 0.6 is 0 Å². The molecule has 0 saturated carbocycles. The molecule has 0 amide bonds. The summed E-state index contributed by atoms with van der Waals surface area (Å²) in [7, 11) is 3.95. The molecule has 182 valence electrons. The number of carboxylic acid groups (broad SMARTS) is 1. The molecule has 0 radical (unpaired) electrons. The number of hydrogen-bond acceptors (Lipinski definition) is 8. The Labute approximate surface area is 185 Å². The highest BCUT2D eigenvalue weighted by Crippen LogP contribution is 2.33. The van der Waals surface area contributed by atoms with E-state index in [1.165, 1.54) is 0 Å². The maximum absolute atomic E-state index is 10.6. The second kappa shape index (κ2) is 11.1. The Bertz CT molecular complexity index is 750. The Morgan fingerprint density at radius 2 is 2.09 bits per heavy atom. The molecule has 32 heavy (non-hydrogen) atoms. The number of carbonyl (C=O) groups is 1. The molecule has 12 heteroatoms. The van der Waals surface area contributed by atoms with Crippen molar-refractivity contribution < 1.29 is 32.5 Å². The number of rotatable bonds is 5. The van der Waals surface area contributed by atoms with Crippen LogP contribution in [0.25, 0.3) is 0 Å². The number of aromatic nitrogens is 2. The third-order valence-electron chi connectivity index (χ3n) is 5.31. The van der Waals surface area contributed by atoms with Crippen LogP contribution in [-0.2, 0) is 14.3 Å². The number of hydrogen-bond donors (Lipinski definition) is 2. The van der Waals surface area contributed by atoms with Crippen LogP contribution in [0.15, 0.2) is 12.4 Å². The summed E-state index contributed by atoms with van der Waals surface area (Å²) in [5.41, 5.74) is -0.159. The standard InChI is InChI=1S/C18H31N5O2.C2HF3O2/c1-14(2)23-7-8-24-12-18(11-23)6-5-15(25-18)10-19-16-9-17(22(3)4)21-13-20-16;3-2(4,5)1(6)7/h9,13-15H,5-8,10-12H2,1-4H3,(H,19,20,21);(H,6,7). The van der Waals surface area contributed by atoms with E-state index in [9.17, 15) is 13.2 Å². The van der Waals surface area contributed by atoms with Gasteiger partial charge in [0.25, 0.3) is 0 Å². The van der Waals surface area contributed by atoms with E-state index < -0.39 is 12.1 Å². The Morgan fingerprint density at radius 1 is 1.41 bits per heavy atom. The highest BCUT2D eigenvalue weighted by molar-refractivity contribution is 5.73. The molecule has 2 aliphatic heterocycles. The zero-order valence-corrected chi connectivity index (χ0v) is 18.9. The third-order valence-corrected chi connectivity index (χ3v) is 5.31. The Balaban J connectivity index is 0.000000451. The van der Waals surface area contributed by atoms with E-state index in [-0.39, 0.29) is 11.7 Å². The Hall–Kier alpha value is -2.18. The van der Waals surface area contributed by atoms with Gasteiger partial charge in [-0.2, -0.15) is 13.2 Å². The molecule has 3 heterocycles. The van der Waals surface area contributed by atoms with Gasteiger partial charge >= 0.3 is 12.1 Å². The molecule has 2 saturated heterocycles. The van der Waals surface area contributed by atoms with Gasteiger partial charge in [-0.3, -0.25) is 4.90 Å². The number of halogens is 3. The fourth-order valence-corrected chi connectivity index (χ4v) is 3.54.